The number of hydrogen-bond donors (Lipinski definition) is 2. The normalized spacial score (nSPS) is 14.4. The fraction of sp³-hybridized carbons (Fsp3) is 0.250. The highest BCUT2D eigenvalue weighted by atomic mass is 32.1. The zero-order valence-electron chi connectivity index (χ0n) is 16.7. The quantitative estimate of drug-likeness (QED) is 0.457. The highest BCUT2D eigenvalue weighted by molar-refractivity contribution is 7.19. The molecule has 1 aliphatic rings. The van der Waals surface area contributed by atoms with E-state index in [4.69, 9.17) is 4.74 Å². The van der Waals surface area contributed by atoms with E-state index in [1.807, 2.05) is 24.3 Å². The largest absolute Gasteiger partial charge is 0.374 e. The number of anilines is 1. The number of thiophene rings is 1. The van der Waals surface area contributed by atoms with Crippen LogP contribution in [-0.4, -0.2) is 23.1 Å². The lowest BCUT2D eigenvalue weighted by atomic mass is 10.0. The Morgan fingerprint density at radius 2 is 1.83 bits per heavy atom. The lowest BCUT2D eigenvalue weighted by molar-refractivity contribution is 0.112. The van der Waals surface area contributed by atoms with Crippen LogP contribution in [0.5, 0.6) is 0 Å². The van der Waals surface area contributed by atoms with Gasteiger partial charge in [0.1, 0.15) is 17.0 Å². The summed E-state index contributed by atoms with van der Waals surface area (Å²) in [6.07, 6.45) is 2.67. The Labute approximate surface area is 180 Å². The second-order valence-electron chi connectivity index (χ2n) is 7.44. The predicted octanol–water partition coefficient (Wildman–Crippen LogP) is 4.71. The molecular formula is C24H24N4OS. The third-order valence-electron chi connectivity index (χ3n) is 5.42. The molecule has 2 aromatic carbocycles. The average molecular weight is 417 g/mol. The van der Waals surface area contributed by atoms with Crippen LogP contribution in [0.15, 0.2) is 67.0 Å². The minimum Gasteiger partial charge on any atom is -0.374 e. The van der Waals surface area contributed by atoms with E-state index >= 15 is 0 Å². The third-order valence-corrected chi connectivity index (χ3v) is 6.56. The molecule has 0 radical (unpaired) electrons. The standard InChI is InChI=1S/C24H24N4OS/c1-3-7-17(8-4-1)14-29-15-20(18-9-5-2-6-10-18)28-23-22-19-11-12-25-13-21(19)30-24(22)27-16-26-23/h1-10,16,20,25H,11-15H2,(H,26,27,28). The molecule has 1 atom stereocenters. The van der Waals surface area contributed by atoms with Crippen molar-refractivity contribution in [2.75, 3.05) is 18.5 Å². The SMILES string of the molecule is c1ccc(COCC(Nc2ncnc3sc4c(c23)CCNC4)c2ccccc2)cc1. The maximum Gasteiger partial charge on any atom is 0.139 e. The van der Waals surface area contributed by atoms with Crippen molar-refractivity contribution in [1.29, 1.82) is 0 Å². The lowest BCUT2D eigenvalue weighted by Gasteiger charge is -2.21. The van der Waals surface area contributed by atoms with Gasteiger partial charge >= 0.3 is 0 Å². The van der Waals surface area contributed by atoms with Gasteiger partial charge in [-0.05, 0) is 29.7 Å². The number of hydrogen-bond acceptors (Lipinski definition) is 6. The molecule has 0 saturated heterocycles. The number of benzene rings is 2. The third kappa shape index (κ3) is 4.07. The summed E-state index contributed by atoms with van der Waals surface area (Å²) in [5, 5.41) is 8.29. The van der Waals surface area contributed by atoms with Crippen molar-refractivity contribution < 1.29 is 4.74 Å². The highest BCUT2D eigenvalue weighted by Gasteiger charge is 2.21. The summed E-state index contributed by atoms with van der Waals surface area (Å²) in [7, 11) is 0. The summed E-state index contributed by atoms with van der Waals surface area (Å²) < 4.78 is 6.10. The number of nitrogens with one attached hydrogen (secondary N) is 2. The van der Waals surface area contributed by atoms with E-state index in [1.165, 1.54) is 27.0 Å². The van der Waals surface area contributed by atoms with Crippen molar-refractivity contribution in [3.8, 4) is 0 Å². The van der Waals surface area contributed by atoms with E-state index in [-0.39, 0.29) is 6.04 Å². The Balaban J connectivity index is 1.42. The van der Waals surface area contributed by atoms with Gasteiger partial charge < -0.3 is 15.4 Å². The van der Waals surface area contributed by atoms with Gasteiger partial charge in [0.05, 0.1) is 24.6 Å². The number of ether oxygens (including phenoxy) is 1. The fourth-order valence-electron chi connectivity index (χ4n) is 3.91. The maximum absolute atomic E-state index is 6.10. The van der Waals surface area contributed by atoms with Crippen LogP contribution >= 0.6 is 11.3 Å². The first-order valence-corrected chi connectivity index (χ1v) is 11.1. The highest BCUT2D eigenvalue weighted by Crippen LogP contribution is 2.36. The Morgan fingerprint density at radius 3 is 2.67 bits per heavy atom. The van der Waals surface area contributed by atoms with Crippen molar-refractivity contribution in [3.63, 3.8) is 0 Å². The summed E-state index contributed by atoms with van der Waals surface area (Å²) in [5.41, 5.74) is 3.74. The van der Waals surface area contributed by atoms with Gasteiger partial charge in [0.15, 0.2) is 0 Å². The molecule has 0 fully saturated rings. The zero-order valence-corrected chi connectivity index (χ0v) is 17.5. The van der Waals surface area contributed by atoms with Gasteiger partial charge in [-0.1, -0.05) is 60.7 Å². The van der Waals surface area contributed by atoms with Crippen molar-refractivity contribution in [3.05, 3.63) is 88.6 Å². The molecule has 0 spiro atoms. The van der Waals surface area contributed by atoms with Gasteiger partial charge in [-0.3, -0.25) is 0 Å². The second-order valence-corrected chi connectivity index (χ2v) is 8.52. The van der Waals surface area contributed by atoms with E-state index in [0.717, 1.165) is 30.2 Å². The molecule has 30 heavy (non-hydrogen) atoms. The monoisotopic (exact) mass is 416 g/mol. The molecule has 1 aliphatic heterocycles. The van der Waals surface area contributed by atoms with E-state index in [9.17, 15) is 0 Å². The maximum atomic E-state index is 6.10. The van der Waals surface area contributed by atoms with E-state index in [0.29, 0.717) is 13.2 Å². The zero-order chi connectivity index (χ0) is 20.2. The van der Waals surface area contributed by atoms with Gasteiger partial charge in [0, 0.05) is 11.4 Å². The van der Waals surface area contributed by atoms with Crippen molar-refractivity contribution in [2.45, 2.75) is 25.6 Å². The second kappa shape index (κ2) is 8.92. The minimum absolute atomic E-state index is 0.00489. The first-order chi connectivity index (χ1) is 14.9. The number of nitrogens with zero attached hydrogens (tertiary/aromatic N) is 2. The van der Waals surface area contributed by atoms with Crippen LogP contribution in [0.3, 0.4) is 0 Å². The van der Waals surface area contributed by atoms with Gasteiger partial charge in [-0.2, -0.15) is 0 Å². The Hall–Kier alpha value is -2.80. The molecule has 0 bridgehead atoms. The molecule has 6 heteroatoms. The van der Waals surface area contributed by atoms with Gasteiger partial charge in [0.25, 0.3) is 0 Å². The Morgan fingerprint density at radius 1 is 1.03 bits per heavy atom. The summed E-state index contributed by atoms with van der Waals surface area (Å²) in [6, 6.07) is 20.7. The van der Waals surface area contributed by atoms with Crippen LogP contribution in [-0.2, 0) is 24.3 Å². The topological polar surface area (TPSA) is 59.1 Å². The first kappa shape index (κ1) is 19.2. The van der Waals surface area contributed by atoms with Crippen molar-refractivity contribution in [2.24, 2.45) is 0 Å². The minimum atomic E-state index is 0.00489. The first-order valence-electron chi connectivity index (χ1n) is 10.3. The average Bonchev–Trinajstić information content (AvgIpc) is 3.19. The smallest absolute Gasteiger partial charge is 0.139 e. The predicted molar refractivity (Wildman–Crippen MR) is 122 cm³/mol. The van der Waals surface area contributed by atoms with Crippen LogP contribution < -0.4 is 10.6 Å². The van der Waals surface area contributed by atoms with Crippen molar-refractivity contribution in [1.82, 2.24) is 15.3 Å². The summed E-state index contributed by atoms with van der Waals surface area (Å²) in [4.78, 5) is 11.6. The van der Waals surface area contributed by atoms with Gasteiger partial charge in [-0.25, -0.2) is 9.97 Å². The lowest BCUT2D eigenvalue weighted by Crippen LogP contribution is -2.22. The van der Waals surface area contributed by atoms with Crippen LogP contribution in [0.25, 0.3) is 10.2 Å². The van der Waals surface area contributed by atoms with E-state index in [2.05, 4.69) is 57.0 Å². The molecule has 0 saturated carbocycles. The Bertz CT molecular complexity index is 1110. The van der Waals surface area contributed by atoms with E-state index < -0.39 is 0 Å². The van der Waals surface area contributed by atoms with Crippen LogP contribution in [0.4, 0.5) is 5.82 Å². The molecule has 5 rings (SSSR count). The molecule has 2 aromatic heterocycles. The van der Waals surface area contributed by atoms with E-state index in [1.54, 1.807) is 17.7 Å². The molecule has 5 nitrogen and oxygen atoms in total. The molecule has 1 unspecified atom stereocenters. The number of rotatable bonds is 7. The Kier molecular flexibility index (Phi) is 5.70. The summed E-state index contributed by atoms with van der Waals surface area (Å²) in [6.45, 7) is 3.05. The van der Waals surface area contributed by atoms with Gasteiger partial charge in [0.2, 0.25) is 0 Å². The van der Waals surface area contributed by atoms with Crippen LogP contribution in [0, 0.1) is 0 Å². The summed E-state index contributed by atoms with van der Waals surface area (Å²) >= 11 is 1.77. The van der Waals surface area contributed by atoms with Crippen LogP contribution in [0.1, 0.15) is 27.6 Å². The number of fused-ring (bicyclic) bond motifs is 3. The van der Waals surface area contributed by atoms with Crippen LogP contribution in [0.2, 0.25) is 0 Å². The molecule has 4 aromatic rings. The summed E-state index contributed by atoms with van der Waals surface area (Å²) in [5.74, 6) is 0.900. The molecule has 3 heterocycles. The molecule has 0 aliphatic carbocycles. The molecule has 152 valence electrons. The number of aromatic nitrogens is 2. The molecule has 2 N–H and O–H groups in total. The molecular weight excluding hydrogens is 392 g/mol. The fourth-order valence-corrected chi connectivity index (χ4v) is 5.07. The molecule has 0 amide bonds. The van der Waals surface area contributed by atoms with Crippen molar-refractivity contribution >= 4 is 27.4 Å². The van der Waals surface area contributed by atoms with Gasteiger partial charge in [-0.15, -0.1) is 11.3 Å².